The highest BCUT2D eigenvalue weighted by Gasteiger charge is 2.16. The summed E-state index contributed by atoms with van der Waals surface area (Å²) in [4.78, 5) is 11.9. The van der Waals surface area contributed by atoms with Gasteiger partial charge in [0.2, 0.25) is 6.23 Å². The first-order valence-corrected chi connectivity index (χ1v) is 6.16. The van der Waals surface area contributed by atoms with Crippen LogP contribution in [-0.4, -0.2) is 18.2 Å². The van der Waals surface area contributed by atoms with Gasteiger partial charge in [0.25, 0.3) is 5.91 Å². The van der Waals surface area contributed by atoms with E-state index in [1.54, 1.807) is 6.92 Å². The van der Waals surface area contributed by atoms with Crippen LogP contribution in [0.1, 0.15) is 17.3 Å². The van der Waals surface area contributed by atoms with Crippen molar-refractivity contribution < 1.29 is 9.53 Å². The van der Waals surface area contributed by atoms with Crippen molar-refractivity contribution in [1.29, 1.82) is 5.26 Å². The maximum absolute atomic E-state index is 11.9. The Labute approximate surface area is 121 Å². The predicted octanol–water partition coefficient (Wildman–Crippen LogP) is 3.16. The van der Waals surface area contributed by atoms with Gasteiger partial charge in [0.05, 0.1) is 6.10 Å². The summed E-state index contributed by atoms with van der Waals surface area (Å²) < 4.78 is 5.22. The number of rotatable bonds is 5. The van der Waals surface area contributed by atoms with Crippen molar-refractivity contribution in [3.05, 3.63) is 46.5 Å². The Morgan fingerprint density at radius 2 is 2.05 bits per heavy atom. The summed E-state index contributed by atoms with van der Waals surface area (Å²) in [6.45, 7) is 5.23. The van der Waals surface area contributed by atoms with E-state index in [1.165, 1.54) is 24.3 Å². The fourth-order valence-electron chi connectivity index (χ4n) is 1.25. The van der Waals surface area contributed by atoms with Crippen LogP contribution in [0.5, 0.6) is 0 Å². The largest absolute Gasteiger partial charge is 0.338 e. The number of nitrogens with zero attached hydrogens (tertiary/aromatic N) is 1. The van der Waals surface area contributed by atoms with Gasteiger partial charge in [0.15, 0.2) is 0 Å². The average molecular weight is 299 g/mol. The Morgan fingerprint density at radius 3 is 2.53 bits per heavy atom. The number of hydrogen-bond acceptors (Lipinski definition) is 3. The highest BCUT2D eigenvalue weighted by atomic mass is 35.5. The molecule has 1 rings (SSSR count). The van der Waals surface area contributed by atoms with Crippen LogP contribution in [0.4, 0.5) is 0 Å². The summed E-state index contributed by atoms with van der Waals surface area (Å²) >= 11 is 11.6. The maximum atomic E-state index is 11.9. The molecule has 1 N–H and O–H groups in total. The van der Waals surface area contributed by atoms with Crippen LogP contribution in [-0.2, 0) is 4.74 Å². The first-order chi connectivity index (χ1) is 8.96. The lowest BCUT2D eigenvalue weighted by atomic mass is 10.2. The number of amides is 1. The predicted molar refractivity (Wildman–Crippen MR) is 74.1 cm³/mol. The molecule has 0 heterocycles. The number of carbonyl (C=O) groups excluding carboxylic acids is 1. The molecule has 1 aromatic carbocycles. The Bertz CT molecular complexity index is 506. The van der Waals surface area contributed by atoms with E-state index in [2.05, 4.69) is 11.9 Å². The molecule has 0 aromatic heterocycles. The number of benzene rings is 1. The van der Waals surface area contributed by atoms with Crippen molar-refractivity contribution in [3.8, 4) is 6.07 Å². The maximum Gasteiger partial charge on any atom is 0.254 e. The zero-order valence-corrected chi connectivity index (χ0v) is 11.7. The molecular weight excluding hydrogens is 287 g/mol. The minimum absolute atomic E-state index is 0.257. The average Bonchev–Trinajstić information content (AvgIpc) is 2.36. The Morgan fingerprint density at radius 1 is 1.47 bits per heavy atom. The molecule has 0 spiro atoms. The van der Waals surface area contributed by atoms with Crippen molar-refractivity contribution in [3.63, 3.8) is 0 Å². The van der Waals surface area contributed by atoms with Gasteiger partial charge < -0.3 is 10.1 Å². The van der Waals surface area contributed by atoms with Gasteiger partial charge in [0.1, 0.15) is 6.07 Å². The van der Waals surface area contributed by atoms with Gasteiger partial charge >= 0.3 is 0 Å². The van der Waals surface area contributed by atoms with Crippen molar-refractivity contribution in [2.24, 2.45) is 0 Å². The molecular formula is C13H12Cl2N2O2. The summed E-state index contributed by atoms with van der Waals surface area (Å²) in [7, 11) is 0. The second-order valence-corrected chi connectivity index (χ2v) is 4.59. The molecule has 1 aromatic rings. The molecule has 6 heteroatoms. The standard InChI is InChI=1S/C13H12Cl2N2O2/c1-3-8(2)19-12(7-16)17-13(18)9-4-10(14)6-11(15)5-9/h3-6,8,12H,1H2,2H3,(H,17,18). The van der Waals surface area contributed by atoms with Crippen LogP contribution in [0, 0.1) is 11.3 Å². The Balaban J connectivity index is 2.77. The SMILES string of the molecule is C=CC(C)OC(C#N)NC(=O)c1cc(Cl)cc(Cl)c1. The summed E-state index contributed by atoms with van der Waals surface area (Å²) in [6.07, 6.45) is 0.0957. The molecule has 0 saturated carbocycles. The lowest BCUT2D eigenvalue weighted by Gasteiger charge is -2.15. The molecule has 4 nitrogen and oxygen atoms in total. The molecule has 19 heavy (non-hydrogen) atoms. The zero-order valence-electron chi connectivity index (χ0n) is 10.2. The zero-order chi connectivity index (χ0) is 14.4. The molecule has 0 saturated heterocycles. The molecule has 100 valence electrons. The van der Waals surface area contributed by atoms with E-state index >= 15 is 0 Å². The number of nitrogens with one attached hydrogen (secondary N) is 1. The third-order valence-corrected chi connectivity index (χ3v) is 2.62. The van der Waals surface area contributed by atoms with Crippen LogP contribution in [0.15, 0.2) is 30.9 Å². The van der Waals surface area contributed by atoms with Crippen LogP contribution >= 0.6 is 23.2 Å². The molecule has 0 fully saturated rings. The number of halogens is 2. The van der Waals surface area contributed by atoms with Crippen LogP contribution in [0.2, 0.25) is 10.0 Å². The summed E-state index contributed by atoms with van der Waals surface area (Å²) in [5, 5.41) is 12.0. The molecule has 0 aliphatic heterocycles. The second kappa shape index (κ2) is 7.15. The molecule has 0 aliphatic rings. The lowest BCUT2D eigenvalue weighted by molar-refractivity contribution is 0.0338. The third-order valence-electron chi connectivity index (χ3n) is 2.19. The minimum Gasteiger partial charge on any atom is -0.338 e. The van der Waals surface area contributed by atoms with Gasteiger partial charge in [-0.15, -0.1) is 6.58 Å². The van der Waals surface area contributed by atoms with Crippen molar-refractivity contribution >= 4 is 29.1 Å². The van der Waals surface area contributed by atoms with Gasteiger partial charge in [-0.2, -0.15) is 5.26 Å². The highest BCUT2D eigenvalue weighted by molar-refractivity contribution is 6.35. The number of hydrogen-bond donors (Lipinski definition) is 1. The molecule has 0 radical (unpaired) electrons. The number of ether oxygens (including phenoxy) is 1. The first kappa shape index (κ1) is 15.5. The number of carbonyl (C=O) groups is 1. The van der Waals surface area contributed by atoms with E-state index in [9.17, 15) is 4.79 Å². The highest BCUT2D eigenvalue weighted by Crippen LogP contribution is 2.19. The van der Waals surface area contributed by atoms with E-state index in [-0.39, 0.29) is 11.7 Å². The van der Waals surface area contributed by atoms with E-state index < -0.39 is 12.1 Å². The second-order valence-electron chi connectivity index (χ2n) is 3.72. The Hall–Kier alpha value is -1.54. The van der Waals surface area contributed by atoms with Crippen LogP contribution < -0.4 is 5.32 Å². The lowest BCUT2D eigenvalue weighted by Crippen LogP contribution is -2.37. The fraction of sp³-hybridized carbons (Fsp3) is 0.231. The van der Waals surface area contributed by atoms with E-state index in [4.69, 9.17) is 33.2 Å². The van der Waals surface area contributed by atoms with Crippen molar-refractivity contribution in [1.82, 2.24) is 5.32 Å². The summed E-state index contributed by atoms with van der Waals surface area (Å²) in [5.41, 5.74) is 0.257. The molecule has 2 unspecified atom stereocenters. The molecule has 0 aliphatic carbocycles. The van der Waals surface area contributed by atoms with E-state index in [0.29, 0.717) is 10.0 Å². The first-order valence-electron chi connectivity index (χ1n) is 5.41. The molecule has 0 bridgehead atoms. The minimum atomic E-state index is -1.07. The smallest absolute Gasteiger partial charge is 0.254 e. The molecule has 1 amide bonds. The van der Waals surface area contributed by atoms with Crippen molar-refractivity contribution in [2.45, 2.75) is 19.3 Å². The van der Waals surface area contributed by atoms with Crippen molar-refractivity contribution in [2.75, 3.05) is 0 Å². The monoisotopic (exact) mass is 298 g/mol. The quantitative estimate of drug-likeness (QED) is 0.671. The fourth-order valence-corrected chi connectivity index (χ4v) is 1.78. The Kier molecular flexibility index (Phi) is 5.84. The molecule has 2 atom stereocenters. The normalized spacial score (nSPS) is 13.2. The van der Waals surface area contributed by atoms with E-state index in [0.717, 1.165) is 0 Å². The van der Waals surface area contributed by atoms with Gasteiger partial charge in [-0.3, -0.25) is 4.79 Å². The van der Waals surface area contributed by atoms with E-state index in [1.807, 2.05) is 6.07 Å². The third kappa shape index (κ3) is 4.92. The van der Waals surface area contributed by atoms with Gasteiger partial charge in [-0.05, 0) is 25.1 Å². The van der Waals surface area contributed by atoms with Gasteiger partial charge in [0, 0.05) is 15.6 Å². The number of nitriles is 1. The van der Waals surface area contributed by atoms with Gasteiger partial charge in [-0.1, -0.05) is 29.3 Å². The topological polar surface area (TPSA) is 62.1 Å². The summed E-state index contributed by atoms with van der Waals surface area (Å²) in [5.74, 6) is -0.493. The van der Waals surface area contributed by atoms with Crippen LogP contribution in [0.25, 0.3) is 0 Å². The van der Waals surface area contributed by atoms with Crippen LogP contribution in [0.3, 0.4) is 0 Å². The van der Waals surface area contributed by atoms with Gasteiger partial charge in [-0.25, -0.2) is 0 Å². The summed E-state index contributed by atoms with van der Waals surface area (Å²) in [6, 6.07) is 6.25.